The molecule has 4 aromatic rings. The molecule has 0 unspecified atom stereocenters. The first-order valence-electron chi connectivity index (χ1n) is 11.9. The van der Waals surface area contributed by atoms with Gasteiger partial charge in [0.15, 0.2) is 11.5 Å². The summed E-state index contributed by atoms with van der Waals surface area (Å²) in [5, 5.41) is 12.4. The summed E-state index contributed by atoms with van der Waals surface area (Å²) in [7, 11) is 1.49. The van der Waals surface area contributed by atoms with E-state index in [1.165, 1.54) is 19.3 Å². The lowest BCUT2D eigenvalue weighted by Gasteiger charge is -2.14. The molecule has 8 heteroatoms. The molecule has 0 spiro atoms. The number of nitrogens with zero attached hydrogens (tertiary/aromatic N) is 1. The molecule has 0 radical (unpaired) electrons. The predicted octanol–water partition coefficient (Wildman–Crippen LogP) is 7.14. The lowest BCUT2D eigenvalue weighted by atomic mass is 10.1. The summed E-state index contributed by atoms with van der Waals surface area (Å²) in [6.45, 7) is 0.458. The fourth-order valence-electron chi connectivity index (χ4n) is 3.62. The number of nitrogens with one attached hydrogen (secondary N) is 1. The molecule has 1 amide bonds. The predicted molar refractivity (Wildman–Crippen MR) is 156 cm³/mol. The van der Waals surface area contributed by atoms with Crippen molar-refractivity contribution >= 4 is 40.3 Å². The molecule has 0 atom stereocenters. The molecule has 39 heavy (non-hydrogen) atoms. The molecular weight excluding hydrogens is 610 g/mol. The topological polar surface area (TPSA) is 80.6 Å². The van der Waals surface area contributed by atoms with Gasteiger partial charge in [0.1, 0.15) is 36.4 Å². The molecule has 4 aromatic carbocycles. The summed E-state index contributed by atoms with van der Waals surface area (Å²) in [6.07, 6.45) is 1.47. The SMILES string of the molecule is COc1cc(/C=C(\C#N)C(=O)Nc2ccc(OCc3ccccc3)cc2)cc(I)c1OCc1ccccc1F. The first-order chi connectivity index (χ1) is 19.0. The van der Waals surface area contributed by atoms with E-state index in [2.05, 4.69) is 27.9 Å². The van der Waals surface area contributed by atoms with Crippen molar-refractivity contribution in [3.8, 4) is 23.3 Å². The van der Waals surface area contributed by atoms with Crippen LogP contribution in [-0.2, 0) is 18.0 Å². The number of benzene rings is 4. The van der Waals surface area contributed by atoms with Crippen LogP contribution >= 0.6 is 22.6 Å². The molecule has 6 nitrogen and oxygen atoms in total. The van der Waals surface area contributed by atoms with E-state index in [4.69, 9.17) is 14.2 Å². The minimum absolute atomic E-state index is 0.0240. The van der Waals surface area contributed by atoms with Gasteiger partial charge >= 0.3 is 0 Å². The number of methoxy groups -OCH3 is 1. The lowest BCUT2D eigenvalue weighted by Crippen LogP contribution is -2.13. The van der Waals surface area contributed by atoms with Crippen LogP contribution in [0.25, 0.3) is 6.08 Å². The summed E-state index contributed by atoms with van der Waals surface area (Å²) in [5.41, 5.74) is 2.48. The van der Waals surface area contributed by atoms with Crippen molar-refractivity contribution in [1.29, 1.82) is 5.26 Å². The van der Waals surface area contributed by atoms with Gasteiger partial charge in [-0.3, -0.25) is 4.79 Å². The second-order valence-corrected chi connectivity index (χ2v) is 9.50. The molecule has 0 saturated carbocycles. The van der Waals surface area contributed by atoms with Crippen molar-refractivity contribution in [3.05, 3.63) is 123 Å². The molecule has 0 heterocycles. The second-order valence-electron chi connectivity index (χ2n) is 8.34. The zero-order valence-corrected chi connectivity index (χ0v) is 23.1. The molecule has 0 bridgehead atoms. The Morgan fingerprint density at radius 2 is 1.69 bits per heavy atom. The van der Waals surface area contributed by atoms with Crippen LogP contribution in [0.5, 0.6) is 17.2 Å². The van der Waals surface area contributed by atoms with Gasteiger partial charge in [0, 0.05) is 11.3 Å². The number of nitriles is 1. The Balaban J connectivity index is 1.43. The minimum atomic E-state index is -0.552. The number of carbonyl (C=O) groups excluding carboxylic acids is 1. The Labute approximate surface area is 239 Å². The van der Waals surface area contributed by atoms with Crippen LogP contribution in [0.4, 0.5) is 10.1 Å². The van der Waals surface area contributed by atoms with Gasteiger partial charge in [0.2, 0.25) is 0 Å². The van der Waals surface area contributed by atoms with Crippen molar-refractivity contribution in [1.82, 2.24) is 0 Å². The third-order valence-corrected chi connectivity index (χ3v) is 6.42. The number of rotatable bonds is 10. The maximum absolute atomic E-state index is 14.0. The fourth-order valence-corrected chi connectivity index (χ4v) is 4.40. The van der Waals surface area contributed by atoms with Crippen molar-refractivity contribution in [2.45, 2.75) is 13.2 Å². The van der Waals surface area contributed by atoms with E-state index in [1.807, 2.05) is 36.4 Å². The monoisotopic (exact) mass is 634 g/mol. The zero-order valence-electron chi connectivity index (χ0n) is 21.0. The lowest BCUT2D eigenvalue weighted by molar-refractivity contribution is -0.112. The maximum atomic E-state index is 14.0. The summed E-state index contributed by atoms with van der Waals surface area (Å²) in [4.78, 5) is 12.8. The van der Waals surface area contributed by atoms with Crippen LogP contribution in [0.1, 0.15) is 16.7 Å². The molecular formula is C31H24FIN2O4. The highest BCUT2D eigenvalue weighted by Gasteiger charge is 2.15. The average molecular weight is 634 g/mol. The van der Waals surface area contributed by atoms with Gasteiger partial charge in [-0.1, -0.05) is 48.5 Å². The molecule has 0 aromatic heterocycles. The Morgan fingerprint density at radius 3 is 2.38 bits per heavy atom. The van der Waals surface area contributed by atoms with Gasteiger partial charge in [0.25, 0.3) is 5.91 Å². The molecule has 0 aliphatic carbocycles. The number of amides is 1. The van der Waals surface area contributed by atoms with Crippen LogP contribution in [0, 0.1) is 20.7 Å². The first-order valence-corrected chi connectivity index (χ1v) is 13.0. The van der Waals surface area contributed by atoms with Crippen LogP contribution in [0.15, 0.2) is 96.6 Å². The molecule has 0 aliphatic heterocycles. The van der Waals surface area contributed by atoms with Crippen molar-refractivity contribution < 1.29 is 23.4 Å². The van der Waals surface area contributed by atoms with Crippen molar-refractivity contribution in [2.24, 2.45) is 0 Å². The van der Waals surface area contributed by atoms with Gasteiger partial charge in [0.05, 0.1) is 10.7 Å². The standard InChI is InChI=1S/C31H24FIN2O4/c1-37-29-17-22(16-28(33)30(29)39-20-23-9-5-6-10-27(23)32)15-24(18-34)31(36)35-25-11-13-26(14-12-25)38-19-21-7-3-2-4-8-21/h2-17H,19-20H2,1H3,(H,35,36)/b24-15+. The van der Waals surface area contributed by atoms with E-state index in [0.717, 1.165) is 5.56 Å². The Kier molecular flexibility index (Phi) is 9.53. The molecule has 4 rings (SSSR count). The van der Waals surface area contributed by atoms with Crippen molar-refractivity contribution in [2.75, 3.05) is 12.4 Å². The summed E-state index contributed by atoms with van der Waals surface area (Å²) in [5.74, 6) is 0.588. The molecule has 0 fully saturated rings. The molecule has 196 valence electrons. The average Bonchev–Trinajstić information content (AvgIpc) is 2.96. The number of hydrogen-bond donors (Lipinski definition) is 1. The van der Waals surface area contributed by atoms with Gasteiger partial charge in [-0.2, -0.15) is 5.26 Å². The van der Waals surface area contributed by atoms with Gasteiger partial charge in [-0.25, -0.2) is 4.39 Å². The quantitative estimate of drug-likeness (QED) is 0.114. The normalized spacial score (nSPS) is 10.9. The minimum Gasteiger partial charge on any atom is -0.493 e. The number of anilines is 1. The van der Waals surface area contributed by atoms with E-state index >= 15 is 0 Å². The second kappa shape index (κ2) is 13.4. The first kappa shape index (κ1) is 27.7. The number of carbonyl (C=O) groups is 1. The van der Waals surface area contributed by atoms with E-state index in [0.29, 0.717) is 44.2 Å². The highest BCUT2D eigenvalue weighted by atomic mass is 127. The molecule has 0 aliphatic rings. The smallest absolute Gasteiger partial charge is 0.266 e. The van der Waals surface area contributed by atoms with Crippen molar-refractivity contribution in [3.63, 3.8) is 0 Å². The van der Waals surface area contributed by atoms with Crippen LogP contribution < -0.4 is 19.5 Å². The fraction of sp³-hybridized carbons (Fsp3) is 0.0968. The Morgan fingerprint density at radius 1 is 0.974 bits per heavy atom. The number of hydrogen-bond acceptors (Lipinski definition) is 5. The number of halogens is 2. The third-order valence-electron chi connectivity index (χ3n) is 5.62. The summed E-state index contributed by atoms with van der Waals surface area (Å²) < 4.78 is 31.7. The van der Waals surface area contributed by atoms with Gasteiger partial charge < -0.3 is 19.5 Å². The Bertz CT molecular complexity index is 1520. The molecule has 1 N–H and O–H groups in total. The zero-order chi connectivity index (χ0) is 27.6. The van der Waals surface area contributed by atoms with Crippen LogP contribution in [-0.4, -0.2) is 13.0 Å². The van der Waals surface area contributed by atoms with E-state index < -0.39 is 5.91 Å². The highest BCUT2D eigenvalue weighted by Crippen LogP contribution is 2.35. The van der Waals surface area contributed by atoms with Gasteiger partial charge in [-0.15, -0.1) is 0 Å². The van der Waals surface area contributed by atoms with E-state index in [-0.39, 0.29) is 18.0 Å². The Hall–Kier alpha value is -4.36. The van der Waals surface area contributed by atoms with E-state index in [9.17, 15) is 14.4 Å². The summed E-state index contributed by atoms with van der Waals surface area (Å²) >= 11 is 2.07. The van der Waals surface area contributed by atoms with Crippen LogP contribution in [0.3, 0.4) is 0 Å². The highest BCUT2D eigenvalue weighted by molar-refractivity contribution is 14.1. The summed E-state index contributed by atoms with van der Waals surface area (Å²) in [6, 6.07) is 28.5. The largest absolute Gasteiger partial charge is 0.493 e. The molecule has 0 saturated heterocycles. The van der Waals surface area contributed by atoms with Gasteiger partial charge in [-0.05, 0) is 82.3 Å². The van der Waals surface area contributed by atoms with E-state index in [1.54, 1.807) is 54.6 Å². The van der Waals surface area contributed by atoms with Crippen LogP contribution in [0.2, 0.25) is 0 Å². The number of ether oxygens (including phenoxy) is 3. The third kappa shape index (κ3) is 7.58. The maximum Gasteiger partial charge on any atom is 0.266 e.